The highest BCUT2D eigenvalue weighted by Gasteiger charge is 2.51. The van der Waals surface area contributed by atoms with Crippen LogP contribution in [0.3, 0.4) is 0 Å². The van der Waals surface area contributed by atoms with Crippen LogP contribution in [0.15, 0.2) is 140 Å². The molecule has 1 spiro atoms. The van der Waals surface area contributed by atoms with Crippen molar-refractivity contribution in [3.63, 3.8) is 0 Å². The average Bonchev–Trinajstić information content (AvgIpc) is 3.48. The Bertz CT molecular complexity index is 1970. The zero-order valence-electron chi connectivity index (χ0n) is 21.9. The quantitative estimate of drug-likeness (QED) is 0.214. The van der Waals surface area contributed by atoms with Crippen molar-refractivity contribution in [1.82, 2.24) is 0 Å². The van der Waals surface area contributed by atoms with E-state index in [0.717, 1.165) is 10.6 Å². The van der Waals surface area contributed by atoms with Crippen LogP contribution in [0.2, 0.25) is 5.02 Å². The SMILES string of the molecule is C=Cc1cccc(-c2ccc3c(c2)C2(c4ccccc4-c4ccc(-c5ccc(Cl)cc5)cc42)c2ccccc2-3)c1. The van der Waals surface area contributed by atoms with E-state index in [2.05, 4.69) is 128 Å². The van der Waals surface area contributed by atoms with Gasteiger partial charge in [-0.1, -0.05) is 127 Å². The van der Waals surface area contributed by atoms with Gasteiger partial charge in [0.2, 0.25) is 0 Å². The highest BCUT2D eigenvalue weighted by Crippen LogP contribution is 2.63. The summed E-state index contributed by atoms with van der Waals surface area (Å²) in [5.41, 5.74) is 16.1. The van der Waals surface area contributed by atoms with Gasteiger partial charge in [-0.3, -0.25) is 0 Å². The van der Waals surface area contributed by atoms with Gasteiger partial charge in [0.25, 0.3) is 0 Å². The predicted octanol–water partition coefficient (Wildman–Crippen LogP) is 10.7. The van der Waals surface area contributed by atoms with E-state index in [1.165, 1.54) is 66.8 Å². The highest BCUT2D eigenvalue weighted by atomic mass is 35.5. The Hall–Kier alpha value is -4.65. The lowest BCUT2D eigenvalue weighted by molar-refractivity contribution is 0.794. The largest absolute Gasteiger partial charge is 0.0985 e. The topological polar surface area (TPSA) is 0 Å². The third-order valence-corrected chi connectivity index (χ3v) is 8.97. The van der Waals surface area contributed by atoms with Crippen molar-refractivity contribution in [3.8, 4) is 44.5 Å². The molecular formula is C39H25Cl. The summed E-state index contributed by atoms with van der Waals surface area (Å²) in [6.07, 6.45) is 1.91. The highest BCUT2D eigenvalue weighted by molar-refractivity contribution is 6.30. The maximum atomic E-state index is 6.24. The Labute approximate surface area is 239 Å². The van der Waals surface area contributed by atoms with Crippen molar-refractivity contribution in [2.45, 2.75) is 5.41 Å². The molecule has 0 amide bonds. The molecule has 0 nitrogen and oxygen atoms in total. The lowest BCUT2D eigenvalue weighted by Crippen LogP contribution is -2.26. The summed E-state index contributed by atoms with van der Waals surface area (Å²) in [6.45, 7) is 3.99. The maximum absolute atomic E-state index is 6.24. The standard InChI is InChI=1S/C39H25Cl/c1-2-25-8-7-9-27(22-25)29-17-21-34-32-11-4-6-13-36(32)39(38(34)24-29)35-12-5-3-10-31(35)33-20-16-28(23-37(33)39)26-14-18-30(40)19-15-26/h2-24H,1H2. The predicted molar refractivity (Wildman–Crippen MR) is 169 cm³/mol. The van der Waals surface area contributed by atoms with E-state index in [4.69, 9.17) is 11.6 Å². The van der Waals surface area contributed by atoms with Crippen LogP contribution >= 0.6 is 11.6 Å². The van der Waals surface area contributed by atoms with Crippen molar-refractivity contribution < 1.29 is 0 Å². The van der Waals surface area contributed by atoms with Gasteiger partial charge < -0.3 is 0 Å². The molecule has 8 rings (SSSR count). The fourth-order valence-corrected chi connectivity index (χ4v) is 7.11. The normalized spacial score (nSPS) is 15.8. The lowest BCUT2D eigenvalue weighted by atomic mass is 9.70. The molecule has 1 unspecified atom stereocenters. The van der Waals surface area contributed by atoms with E-state index in [1.54, 1.807) is 0 Å². The fraction of sp³-hybridized carbons (Fsp3) is 0.0256. The van der Waals surface area contributed by atoms with Crippen molar-refractivity contribution in [2.75, 3.05) is 0 Å². The number of rotatable bonds is 3. The Morgan fingerprint density at radius 3 is 1.55 bits per heavy atom. The second-order valence-electron chi connectivity index (χ2n) is 10.7. The molecule has 0 aromatic heterocycles. The molecule has 6 aromatic rings. The van der Waals surface area contributed by atoms with Crippen molar-refractivity contribution in [1.29, 1.82) is 0 Å². The molecule has 2 aliphatic carbocycles. The number of hydrogen-bond donors (Lipinski definition) is 0. The summed E-state index contributed by atoms with van der Waals surface area (Å²) in [7, 11) is 0. The summed E-state index contributed by atoms with van der Waals surface area (Å²) >= 11 is 6.24. The molecule has 2 aliphatic rings. The third-order valence-electron chi connectivity index (χ3n) is 8.72. The van der Waals surface area contributed by atoms with Crippen LogP contribution in [-0.2, 0) is 5.41 Å². The Kier molecular flexibility index (Phi) is 5.05. The van der Waals surface area contributed by atoms with Crippen LogP contribution in [0, 0.1) is 0 Å². The molecule has 1 heteroatoms. The summed E-state index contributed by atoms with van der Waals surface area (Å²) in [5.74, 6) is 0. The van der Waals surface area contributed by atoms with Gasteiger partial charge in [0.1, 0.15) is 0 Å². The van der Waals surface area contributed by atoms with Gasteiger partial charge >= 0.3 is 0 Å². The molecule has 0 radical (unpaired) electrons. The summed E-state index contributed by atoms with van der Waals surface area (Å²) in [4.78, 5) is 0. The van der Waals surface area contributed by atoms with Gasteiger partial charge in [-0.05, 0) is 103 Å². The number of hydrogen-bond acceptors (Lipinski definition) is 0. The first kappa shape index (κ1) is 23.3. The van der Waals surface area contributed by atoms with Gasteiger partial charge in [0, 0.05) is 5.02 Å². The number of fused-ring (bicyclic) bond motifs is 10. The molecule has 0 heterocycles. The molecule has 40 heavy (non-hydrogen) atoms. The molecule has 6 aromatic carbocycles. The minimum Gasteiger partial charge on any atom is -0.0985 e. The van der Waals surface area contributed by atoms with Gasteiger partial charge in [-0.15, -0.1) is 0 Å². The van der Waals surface area contributed by atoms with Gasteiger partial charge in [-0.25, -0.2) is 0 Å². The molecule has 0 fully saturated rings. The summed E-state index contributed by atoms with van der Waals surface area (Å²) in [6, 6.07) is 48.7. The molecule has 0 saturated heterocycles. The fourth-order valence-electron chi connectivity index (χ4n) is 6.99. The van der Waals surface area contributed by atoms with E-state index >= 15 is 0 Å². The van der Waals surface area contributed by atoms with Crippen LogP contribution in [0.1, 0.15) is 27.8 Å². The third kappa shape index (κ3) is 3.14. The van der Waals surface area contributed by atoms with Crippen LogP contribution in [0.25, 0.3) is 50.6 Å². The van der Waals surface area contributed by atoms with Crippen LogP contribution < -0.4 is 0 Å². The van der Waals surface area contributed by atoms with E-state index in [9.17, 15) is 0 Å². The summed E-state index contributed by atoms with van der Waals surface area (Å²) in [5, 5.41) is 0.750. The molecule has 0 N–H and O–H groups in total. The first-order chi connectivity index (χ1) is 19.7. The first-order valence-electron chi connectivity index (χ1n) is 13.7. The molecule has 1 atom stereocenters. The van der Waals surface area contributed by atoms with Crippen molar-refractivity contribution >= 4 is 17.7 Å². The second-order valence-corrected chi connectivity index (χ2v) is 11.1. The molecule has 188 valence electrons. The maximum Gasteiger partial charge on any atom is 0.0725 e. The number of benzene rings is 6. The van der Waals surface area contributed by atoms with Crippen LogP contribution in [0.5, 0.6) is 0 Å². The zero-order valence-corrected chi connectivity index (χ0v) is 22.6. The minimum atomic E-state index is -0.396. The van der Waals surface area contributed by atoms with Crippen molar-refractivity contribution in [3.05, 3.63) is 173 Å². The van der Waals surface area contributed by atoms with E-state index in [-0.39, 0.29) is 0 Å². The van der Waals surface area contributed by atoms with Gasteiger partial charge in [0.05, 0.1) is 5.41 Å². The van der Waals surface area contributed by atoms with E-state index in [0.29, 0.717) is 0 Å². The average molecular weight is 529 g/mol. The first-order valence-corrected chi connectivity index (χ1v) is 14.0. The second kappa shape index (κ2) is 8.68. The Morgan fingerprint density at radius 2 is 0.950 bits per heavy atom. The van der Waals surface area contributed by atoms with E-state index < -0.39 is 5.41 Å². The van der Waals surface area contributed by atoms with E-state index in [1.807, 2.05) is 18.2 Å². The molecule has 0 saturated carbocycles. The van der Waals surface area contributed by atoms with Crippen molar-refractivity contribution in [2.24, 2.45) is 0 Å². The minimum absolute atomic E-state index is 0.396. The molecular weight excluding hydrogens is 504 g/mol. The molecule has 0 bridgehead atoms. The van der Waals surface area contributed by atoms with Crippen LogP contribution in [-0.4, -0.2) is 0 Å². The monoisotopic (exact) mass is 528 g/mol. The van der Waals surface area contributed by atoms with Gasteiger partial charge in [-0.2, -0.15) is 0 Å². The lowest BCUT2D eigenvalue weighted by Gasteiger charge is -2.31. The Morgan fingerprint density at radius 1 is 0.450 bits per heavy atom. The van der Waals surface area contributed by atoms with Crippen LogP contribution in [0.4, 0.5) is 0 Å². The number of halogens is 1. The zero-order chi connectivity index (χ0) is 26.8. The summed E-state index contributed by atoms with van der Waals surface area (Å²) < 4.78 is 0. The Balaban J connectivity index is 1.46. The molecule has 0 aliphatic heterocycles. The van der Waals surface area contributed by atoms with Gasteiger partial charge in [0.15, 0.2) is 0 Å². The smallest absolute Gasteiger partial charge is 0.0725 e.